The molecule has 29 heavy (non-hydrogen) atoms. The van der Waals surface area contributed by atoms with E-state index in [9.17, 15) is 9.59 Å². The number of hydrogen-bond donors (Lipinski definition) is 1. The topological polar surface area (TPSA) is 67.9 Å². The molecule has 3 unspecified atom stereocenters. The van der Waals surface area contributed by atoms with Crippen molar-refractivity contribution in [1.82, 2.24) is 10.2 Å². The van der Waals surface area contributed by atoms with Gasteiger partial charge in [0.2, 0.25) is 0 Å². The van der Waals surface area contributed by atoms with Crippen LogP contribution in [0.5, 0.6) is 0 Å². The Morgan fingerprint density at radius 3 is 2.55 bits per heavy atom. The molecule has 0 bridgehead atoms. The van der Waals surface area contributed by atoms with Gasteiger partial charge in [-0.05, 0) is 69.3 Å². The lowest BCUT2D eigenvalue weighted by Gasteiger charge is -2.40. The Hall–Kier alpha value is -2.60. The number of hydrogen-bond acceptors (Lipinski definition) is 6. The molecule has 3 rings (SSSR count). The Morgan fingerprint density at radius 2 is 1.93 bits per heavy atom. The van der Waals surface area contributed by atoms with Crippen LogP contribution in [0.15, 0.2) is 48.7 Å². The van der Waals surface area contributed by atoms with Gasteiger partial charge in [0.15, 0.2) is 5.54 Å². The van der Waals surface area contributed by atoms with Crippen molar-refractivity contribution < 1.29 is 19.1 Å². The van der Waals surface area contributed by atoms with Crippen molar-refractivity contribution in [3.63, 3.8) is 0 Å². The first-order valence-electron chi connectivity index (χ1n) is 10.3. The van der Waals surface area contributed by atoms with Crippen LogP contribution in [0.25, 0.3) is 5.57 Å². The molecule has 1 fully saturated rings. The quantitative estimate of drug-likeness (QED) is 0.712. The lowest BCUT2D eigenvalue weighted by molar-refractivity contribution is -0.163. The summed E-state index contributed by atoms with van der Waals surface area (Å²) in [6.07, 6.45) is 6.32. The van der Waals surface area contributed by atoms with E-state index in [-0.39, 0.29) is 25.1 Å². The largest absolute Gasteiger partial charge is 0.466 e. The van der Waals surface area contributed by atoms with Gasteiger partial charge in [-0.3, -0.25) is 4.79 Å². The van der Waals surface area contributed by atoms with Crippen LogP contribution in [-0.4, -0.2) is 55.7 Å². The van der Waals surface area contributed by atoms with E-state index >= 15 is 0 Å². The van der Waals surface area contributed by atoms with Gasteiger partial charge in [-0.1, -0.05) is 30.3 Å². The van der Waals surface area contributed by atoms with Crippen molar-refractivity contribution in [2.45, 2.75) is 25.8 Å². The van der Waals surface area contributed by atoms with E-state index < -0.39 is 17.4 Å². The van der Waals surface area contributed by atoms with Crippen LogP contribution in [0.2, 0.25) is 0 Å². The third kappa shape index (κ3) is 4.37. The first kappa shape index (κ1) is 21.1. The third-order valence-electron chi connectivity index (χ3n) is 5.62. The van der Waals surface area contributed by atoms with Gasteiger partial charge in [-0.2, -0.15) is 0 Å². The summed E-state index contributed by atoms with van der Waals surface area (Å²) in [6, 6.07) is 9.82. The van der Waals surface area contributed by atoms with Crippen LogP contribution >= 0.6 is 0 Å². The molecule has 1 N–H and O–H groups in total. The number of dihydropyridines is 1. The molecule has 1 aromatic carbocycles. The van der Waals surface area contributed by atoms with Crippen molar-refractivity contribution in [2.24, 2.45) is 11.8 Å². The highest BCUT2D eigenvalue weighted by Gasteiger charge is 2.54. The van der Waals surface area contributed by atoms with Crippen LogP contribution in [0, 0.1) is 11.8 Å². The monoisotopic (exact) mass is 398 g/mol. The number of benzene rings is 1. The van der Waals surface area contributed by atoms with Crippen LogP contribution < -0.4 is 5.32 Å². The van der Waals surface area contributed by atoms with Crippen LogP contribution in [0.3, 0.4) is 0 Å². The summed E-state index contributed by atoms with van der Waals surface area (Å²) in [4.78, 5) is 28.6. The Bertz CT molecular complexity index is 789. The fourth-order valence-electron chi connectivity index (χ4n) is 4.31. The second-order valence-corrected chi connectivity index (χ2v) is 7.57. The summed E-state index contributed by atoms with van der Waals surface area (Å²) in [7, 11) is 2.03. The number of carbonyl (C=O) groups is 2. The molecule has 0 aliphatic carbocycles. The van der Waals surface area contributed by atoms with Crippen LogP contribution in [0.1, 0.15) is 25.8 Å². The average molecular weight is 399 g/mol. The number of allylic oxidation sites excluding steroid dienone is 2. The van der Waals surface area contributed by atoms with E-state index in [1.807, 2.05) is 49.5 Å². The van der Waals surface area contributed by atoms with Gasteiger partial charge in [0, 0.05) is 6.54 Å². The first-order valence-corrected chi connectivity index (χ1v) is 10.3. The van der Waals surface area contributed by atoms with Gasteiger partial charge in [-0.15, -0.1) is 0 Å². The van der Waals surface area contributed by atoms with Crippen molar-refractivity contribution in [3.8, 4) is 0 Å². The highest BCUT2D eigenvalue weighted by atomic mass is 16.5. The smallest absolute Gasteiger partial charge is 0.336 e. The van der Waals surface area contributed by atoms with Gasteiger partial charge in [0.25, 0.3) is 0 Å². The molecule has 0 amide bonds. The predicted molar refractivity (Wildman–Crippen MR) is 112 cm³/mol. The Morgan fingerprint density at radius 1 is 1.21 bits per heavy atom. The van der Waals surface area contributed by atoms with E-state index in [0.29, 0.717) is 0 Å². The summed E-state index contributed by atoms with van der Waals surface area (Å²) in [5.41, 5.74) is 0.543. The van der Waals surface area contributed by atoms with E-state index in [1.165, 1.54) is 0 Å². The Kier molecular flexibility index (Phi) is 6.75. The molecule has 6 nitrogen and oxygen atoms in total. The maximum Gasteiger partial charge on any atom is 0.336 e. The highest BCUT2D eigenvalue weighted by Crippen LogP contribution is 2.38. The Balaban J connectivity index is 2.10. The van der Waals surface area contributed by atoms with Crippen molar-refractivity contribution >= 4 is 17.5 Å². The number of carbonyl (C=O) groups excluding carboxylic acids is 2. The third-order valence-corrected chi connectivity index (χ3v) is 5.62. The number of likely N-dealkylation sites (tertiary alicyclic amines) is 1. The zero-order valence-electron chi connectivity index (χ0n) is 17.4. The molecule has 2 aliphatic rings. The molecule has 0 aromatic heterocycles. The maximum atomic E-state index is 13.3. The normalized spacial score (nSPS) is 25.1. The zero-order chi connectivity index (χ0) is 20.9. The molecule has 3 atom stereocenters. The molecular formula is C23H30N2O4. The standard InChI is InChI=1S/C23H30N2O4/c1-4-28-21(26)20(19-12-14-25(3)16-19)23(22(27)29-5-2)15-18(11-13-24-23)17-9-7-6-8-10-17/h6-11,13,15,19-20,24H,4-5,12,14,16H2,1-3H3. The molecule has 1 saturated heterocycles. The number of nitrogens with zero attached hydrogens (tertiary/aromatic N) is 1. The van der Waals surface area contributed by atoms with E-state index in [0.717, 1.165) is 30.6 Å². The maximum absolute atomic E-state index is 13.3. The van der Waals surface area contributed by atoms with Gasteiger partial charge in [-0.25, -0.2) is 4.79 Å². The highest BCUT2D eigenvalue weighted by molar-refractivity contribution is 5.95. The van der Waals surface area contributed by atoms with Crippen LogP contribution in [0.4, 0.5) is 0 Å². The minimum Gasteiger partial charge on any atom is -0.466 e. The molecule has 0 spiro atoms. The minimum atomic E-state index is -1.31. The summed E-state index contributed by atoms with van der Waals surface area (Å²) < 4.78 is 10.9. The van der Waals surface area contributed by atoms with E-state index in [2.05, 4.69) is 10.2 Å². The lowest BCUT2D eigenvalue weighted by atomic mass is 9.72. The zero-order valence-corrected chi connectivity index (χ0v) is 17.4. The molecule has 1 aromatic rings. The SMILES string of the molecule is CCOC(=O)C(C1CCN(C)C1)C1(C(=O)OCC)C=C(c2ccccc2)C=CN1. The minimum absolute atomic E-state index is 0.0178. The molecule has 0 saturated carbocycles. The predicted octanol–water partition coefficient (Wildman–Crippen LogP) is 2.62. The molecule has 2 heterocycles. The summed E-state index contributed by atoms with van der Waals surface area (Å²) >= 11 is 0. The summed E-state index contributed by atoms with van der Waals surface area (Å²) in [5, 5.41) is 3.20. The molecule has 2 aliphatic heterocycles. The van der Waals surface area contributed by atoms with Gasteiger partial charge < -0.3 is 19.7 Å². The van der Waals surface area contributed by atoms with Crippen molar-refractivity contribution in [1.29, 1.82) is 0 Å². The first-order chi connectivity index (χ1) is 14.0. The number of esters is 2. The summed E-state index contributed by atoms with van der Waals surface area (Å²) in [6.45, 7) is 5.67. The number of rotatable bonds is 7. The molecule has 156 valence electrons. The number of ether oxygens (including phenoxy) is 2. The average Bonchev–Trinajstić information content (AvgIpc) is 3.15. The lowest BCUT2D eigenvalue weighted by Crippen LogP contribution is -2.61. The van der Waals surface area contributed by atoms with E-state index in [4.69, 9.17) is 9.47 Å². The van der Waals surface area contributed by atoms with Crippen LogP contribution in [-0.2, 0) is 19.1 Å². The van der Waals surface area contributed by atoms with Gasteiger partial charge >= 0.3 is 11.9 Å². The molecule has 0 radical (unpaired) electrons. The summed E-state index contributed by atoms with van der Waals surface area (Å²) in [5.74, 6) is -1.52. The van der Waals surface area contributed by atoms with Crippen molar-refractivity contribution in [3.05, 3.63) is 54.2 Å². The molecular weight excluding hydrogens is 368 g/mol. The fraction of sp³-hybridized carbons (Fsp3) is 0.478. The van der Waals surface area contributed by atoms with Crippen molar-refractivity contribution in [2.75, 3.05) is 33.4 Å². The van der Waals surface area contributed by atoms with Gasteiger partial charge in [0.05, 0.1) is 19.1 Å². The van der Waals surface area contributed by atoms with E-state index in [1.54, 1.807) is 20.0 Å². The second-order valence-electron chi connectivity index (χ2n) is 7.57. The fourth-order valence-corrected chi connectivity index (χ4v) is 4.31. The number of nitrogens with one attached hydrogen (secondary N) is 1. The molecule has 6 heteroatoms. The van der Waals surface area contributed by atoms with Gasteiger partial charge in [0.1, 0.15) is 0 Å². The second kappa shape index (κ2) is 9.27. The Labute approximate surface area is 172 Å².